The Balaban J connectivity index is 0.000000371. The first kappa shape index (κ1) is 30.2. The molecule has 0 aliphatic carbocycles. The number of halogens is 4. The third-order valence-electron chi connectivity index (χ3n) is 3.72. The van der Waals surface area contributed by atoms with Crippen molar-refractivity contribution in [3.05, 3.63) is 59.7 Å². The van der Waals surface area contributed by atoms with Gasteiger partial charge in [0.05, 0.1) is 24.6 Å². The average Bonchev–Trinajstić information content (AvgIpc) is 2.85. The third-order valence-corrected chi connectivity index (χ3v) is 3.72. The molecule has 0 radical (unpaired) electrons. The smallest absolute Gasteiger partial charge is 0.362 e. The summed E-state index contributed by atoms with van der Waals surface area (Å²) >= 11 is 0. The van der Waals surface area contributed by atoms with E-state index in [1.807, 2.05) is 0 Å². The fourth-order valence-electron chi connectivity index (χ4n) is 2.11. The lowest BCUT2D eigenvalue weighted by Gasteiger charge is -2.04. The third kappa shape index (κ3) is 10.5. The predicted molar refractivity (Wildman–Crippen MR) is 124 cm³/mol. The number of carbonyl (C=O) groups is 3. The quantitative estimate of drug-likeness (QED) is 0.0810. The Labute approximate surface area is 207 Å². The van der Waals surface area contributed by atoms with Gasteiger partial charge in [-0.15, -0.1) is 0 Å². The summed E-state index contributed by atoms with van der Waals surface area (Å²) in [5.74, 6) is -5.05. The van der Waals surface area contributed by atoms with E-state index in [0.717, 1.165) is 30.5 Å². The molecule has 0 fully saturated rings. The Bertz CT molecular complexity index is 1190. The van der Waals surface area contributed by atoms with E-state index in [9.17, 15) is 31.9 Å². The summed E-state index contributed by atoms with van der Waals surface area (Å²) in [6.07, 6.45) is 0.902. The maximum absolute atomic E-state index is 13.3. The normalized spacial score (nSPS) is 11.3. The summed E-state index contributed by atoms with van der Waals surface area (Å²) in [5, 5.41) is 17.9. The van der Waals surface area contributed by atoms with Gasteiger partial charge in [0.15, 0.2) is 23.6 Å². The lowest BCUT2D eigenvalue weighted by atomic mass is 10.3. The van der Waals surface area contributed by atoms with Crippen molar-refractivity contribution in [2.75, 3.05) is 24.1 Å². The Morgan fingerprint density at radius 1 is 0.838 bits per heavy atom. The van der Waals surface area contributed by atoms with Crippen LogP contribution in [0.15, 0.2) is 51.8 Å². The highest BCUT2D eigenvalue weighted by Gasteiger charge is 2.13. The van der Waals surface area contributed by atoms with Gasteiger partial charge in [-0.1, -0.05) is 5.16 Å². The van der Waals surface area contributed by atoms with Crippen LogP contribution in [0.4, 0.5) is 28.9 Å². The van der Waals surface area contributed by atoms with Crippen molar-refractivity contribution in [3.63, 3.8) is 0 Å². The minimum atomic E-state index is -0.928. The minimum absolute atomic E-state index is 0.0800. The van der Waals surface area contributed by atoms with Gasteiger partial charge in [0.2, 0.25) is 5.71 Å². The molecule has 0 saturated carbocycles. The Hall–Kier alpha value is -4.82. The SMILES string of the molecule is CCOC(=O)/C(C=O)=N/Nc1ccc(F)cc1F.CCOC(=O)C(/C=N/O)=N/Nc1ccc(F)cc1F. The number of esters is 2. The van der Waals surface area contributed by atoms with Gasteiger partial charge in [-0.05, 0) is 38.1 Å². The molecule has 0 aliphatic rings. The zero-order chi connectivity index (χ0) is 27.8. The molecular weight excluding hydrogens is 506 g/mol. The van der Waals surface area contributed by atoms with E-state index in [-0.39, 0.29) is 36.6 Å². The van der Waals surface area contributed by atoms with Gasteiger partial charge >= 0.3 is 11.9 Å². The number of benzene rings is 2. The van der Waals surface area contributed by atoms with E-state index in [1.165, 1.54) is 0 Å². The molecule has 15 heteroatoms. The van der Waals surface area contributed by atoms with Crippen LogP contribution in [0.5, 0.6) is 0 Å². The molecule has 198 valence electrons. The highest BCUT2D eigenvalue weighted by atomic mass is 19.1. The number of nitrogens with one attached hydrogen (secondary N) is 2. The van der Waals surface area contributed by atoms with Crippen LogP contribution in [-0.2, 0) is 23.9 Å². The van der Waals surface area contributed by atoms with Gasteiger partial charge in [-0.2, -0.15) is 10.2 Å². The molecule has 0 saturated heterocycles. The number of hydrogen-bond donors (Lipinski definition) is 3. The van der Waals surface area contributed by atoms with Gasteiger partial charge < -0.3 is 14.7 Å². The lowest BCUT2D eigenvalue weighted by molar-refractivity contribution is -0.136. The molecular formula is C22H21F4N5O6. The molecule has 0 amide bonds. The maximum atomic E-state index is 13.3. The molecule has 0 aromatic heterocycles. The van der Waals surface area contributed by atoms with Crippen LogP contribution in [-0.4, -0.2) is 54.3 Å². The number of hydrazone groups is 2. The molecule has 11 nitrogen and oxygen atoms in total. The van der Waals surface area contributed by atoms with Crippen molar-refractivity contribution in [2.45, 2.75) is 13.8 Å². The fourth-order valence-corrected chi connectivity index (χ4v) is 2.11. The summed E-state index contributed by atoms with van der Waals surface area (Å²) in [6, 6.07) is 5.51. The van der Waals surface area contributed by atoms with Crippen molar-refractivity contribution in [1.82, 2.24) is 0 Å². The first-order chi connectivity index (χ1) is 17.7. The van der Waals surface area contributed by atoms with E-state index < -0.39 is 40.9 Å². The van der Waals surface area contributed by atoms with Crippen LogP contribution in [0.2, 0.25) is 0 Å². The number of nitrogens with zero attached hydrogens (tertiary/aromatic N) is 3. The number of ether oxygens (including phenoxy) is 2. The Kier molecular flexibility index (Phi) is 13.0. The second kappa shape index (κ2) is 16.0. The molecule has 37 heavy (non-hydrogen) atoms. The monoisotopic (exact) mass is 527 g/mol. The van der Waals surface area contributed by atoms with Crippen molar-refractivity contribution in [2.24, 2.45) is 15.4 Å². The Morgan fingerprint density at radius 3 is 1.65 bits per heavy atom. The van der Waals surface area contributed by atoms with Crippen LogP contribution in [0.1, 0.15) is 13.8 Å². The summed E-state index contributed by atoms with van der Waals surface area (Å²) in [4.78, 5) is 33.1. The van der Waals surface area contributed by atoms with E-state index in [0.29, 0.717) is 12.1 Å². The number of hydrogen-bond acceptors (Lipinski definition) is 11. The minimum Gasteiger partial charge on any atom is -0.461 e. The topological polar surface area (TPSA) is 151 Å². The van der Waals surface area contributed by atoms with Crippen LogP contribution in [0.3, 0.4) is 0 Å². The van der Waals surface area contributed by atoms with Crippen LogP contribution in [0.25, 0.3) is 0 Å². The average molecular weight is 527 g/mol. The number of oxime groups is 1. The van der Waals surface area contributed by atoms with Gasteiger partial charge in [-0.3, -0.25) is 15.6 Å². The van der Waals surface area contributed by atoms with Crippen molar-refractivity contribution in [1.29, 1.82) is 0 Å². The molecule has 0 aliphatic heterocycles. The molecule has 2 rings (SSSR count). The van der Waals surface area contributed by atoms with Crippen LogP contribution >= 0.6 is 0 Å². The first-order valence-electron chi connectivity index (χ1n) is 10.2. The van der Waals surface area contributed by atoms with E-state index in [2.05, 4.69) is 35.7 Å². The first-order valence-corrected chi connectivity index (χ1v) is 10.2. The molecule has 2 aromatic rings. The zero-order valence-corrected chi connectivity index (χ0v) is 19.4. The van der Waals surface area contributed by atoms with Gasteiger partial charge in [0, 0.05) is 12.1 Å². The van der Waals surface area contributed by atoms with Gasteiger partial charge in [0.25, 0.3) is 0 Å². The zero-order valence-electron chi connectivity index (χ0n) is 19.4. The maximum Gasteiger partial charge on any atom is 0.362 e. The van der Waals surface area contributed by atoms with Crippen molar-refractivity contribution in [3.8, 4) is 0 Å². The van der Waals surface area contributed by atoms with Crippen LogP contribution < -0.4 is 10.9 Å². The summed E-state index contributed by atoms with van der Waals surface area (Å²) in [7, 11) is 0. The number of rotatable bonds is 10. The fraction of sp³-hybridized carbons (Fsp3) is 0.182. The molecule has 3 N–H and O–H groups in total. The van der Waals surface area contributed by atoms with Crippen LogP contribution in [0, 0.1) is 23.3 Å². The van der Waals surface area contributed by atoms with E-state index in [1.54, 1.807) is 13.8 Å². The molecule has 2 aromatic carbocycles. The molecule has 0 atom stereocenters. The molecule has 0 heterocycles. The Morgan fingerprint density at radius 2 is 1.27 bits per heavy atom. The second-order valence-corrected chi connectivity index (χ2v) is 6.27. The standard InChI is InChI=1S/C11H11F2N3O3.C11H10F2N2O3/c1-2-19-11(17)10(6-14-18)16-15-9-4-3-7(12)5-8(9)13;1-2-18-11(17)10(6-16)15-14-9-4-3-7(12)5-8(9)13/h3-6,15,18H,2H2,1H3;3-6,14H,2H2,1H3/b14-6+,16-10+;15-10+. The largest absolute Gasteiger partial charge is 0.461 e. The predicted octanol–water partition coefficient (Wildman–Crippen LogP) is 3.25. The van der Waals surface area contributed by atoms with E-state index >= 15 is 0 Å². The number of aldehydes is 1. The summed E-state index contributed by atoms with van der Waals surface area (Å²) in [5.41, 5.74) is 3.13. The highest BCUT2D eigenvalue weighted by Crippen LogP contribution is 2.15. The molecule has 0 bridgehead atoms. The molecule has 0 unspecified atom stereocenters. The van der Waals surface area contributed by atoms with Crippen molar-refractivity contribution < 1.29 is 46.6 Å². The summed E-state index contributed by atoms with van der Waals surface area (Å²) in [6.45, 7) is 3.32. The van der Waals surface area contributed by atoms with Crippen molar-refractivity contribution >= 4 is 47.2 Å². The lowest BCUT2D eigenvalue weighted by Crippen LogP contribution is -2.20. The van der Waals surface area contributed by atoms with Gasteiger partial charge in [-0.25, -0.2) is 27.2 Å². The number of anilines is 2. The second-order valence-electron chi connectivity index (χ2n) is 6.27. The summed E-state index contributed by atoms with van der Waals surface area (Å²) < 4.78 is 60.9. The highest BCUT2D eigenvalue weighted by molar-refractivity contribution is 6.59. The van der Waals surface area contributed by atoms with Gasteiger partial charge in [0.1, 0.15) is 17.8 Å². The number of carbonyl (C=O) groups excluding carboxylic acids is 3. The molecule has 0 spiro atoms. The van der Waals surface area contributed by atoms with E-state index in [4.69, 9.17) is 5.21 Å².